The Balaban J connectivity index is 1.87. The molecule has 1 fully saturated rings. The monoisotopic (exact) mass is 401 g/mol. The Bertz CT molecular complexity index is 965. The predicted molar refractivity (Wildman–Crippen MR) is 111 cm³/mol. The molecule has 0 atom stereocenters. The summed E-state index contributed by atoms with van der Waals surface area (Å²) < 4.78 is 27.8. The zero-order chi connectivity index (χ0) is 20.3. The molecule has 0 unspecified atom stereocenters. The van der Waals surface area contributed by atoms with Gasteiger partial charge in [0.15, 0.2) is 0 Å². The minimum Gasteiger partial charge on any atom is -0.322 e. The van der Waals surface area contributed by atoms with Crippen LogP contribution in [0.2, 0.25) is 0 Å². The van der Waals surface area contributed by atoms with Gasteiger partial charge in [-0.15, -0.1) is 0 Å². The topological polar surface area (TPSA) is 69.7 Å². The van der Waals surface area contributed by atoms with E-state index in [2.05, 4.69) is 10.2 Å². The Hall–Kier alpha value is -2.22. The standard InChI is InChI=1S/C21H27N3O3S/c1-4-17-7-5-6-8-19(17)22-21(25)18-10-9-16(2)20(15-18)28(26,27)24-13-11-23(3)12-14-24/h5-10,15H,4,11-14H2,1-3H3,(H,22,25). The van der Waals surface area contributed by atoms with Gasteiger partial charge in [0, 0.05) is 37.4 Å². The van der Waals surface area contributed by atoms with Crippen molar-refractivity contribution in [1.29, 1.82) is 0 Å². The number of para-hydroxylation sites is 1. The molecule has 1 amide bonds. The first-order valence-electron chi connectivity index (χ1n) is 9.51. The number of carbonyl (C=O) groups is 1. The van der Waals surface area contributed by atoms with Crippen LogP contribution in [-0.4, -0.2) is 56.8 Å². The van der Waals surface area contributed by atoms with Crippen LogP contribution in [0.5, 0.6) is 0 Å². The first kappa shape index (κ1) is 20.5. The number of amides is 1. The molecular formula is C21H27N3O3S. The van der Waals surface area contributed by atoms with E-state index in [-0.39, 0.29) is 10.8 Å². The van der Waals surface area contributed by atoms with Crippen molar-refractivity contribution in [1.82, 2.24) is 9.21 Å². The maximum atomic E-state index is 13.1. The second kappa shape index (κ2) is 8.43. The Morgan fingerprint density at radius 2 is 1.75 bits per heavy atom. The van der Waals surface area contributed by atoms with Crippen LogP contribution >= 0.6 is 0 Å². The van der Waals surface area contributed by atoms with Crippen LogP contribution in [0.3, 0.4) is 0 Å². The number of aryl methyl sites for hydroxylation is 2. The second-order valence-corrected chi connectivity index (χ2v) is 9.06. The fraction of sp³-hybridized carbons (Fsp3) is 0.381. The molecule has 2 aromatic carbocycles. The lowest BCUT2D eigenvalue weighted by molar-refractivity contribution is 0.102. The lowest BCUT2D eigenvalue weighted by Gasteiger charge is -2.32. The van der Waals surface area contributed by atoms with Crippen molar-refractivity contribution >= 4 is 21.6 Å². The van der Waals surface area contributed by atoms with Crippen LogP contribution < -0.4 is 5.32 Å². The number of hydrogen-bond acceptors (Lipinski definition) is 4. The number of likely N-dealkylation sites (N-methyl/N-ethyl adjacent to an activating group) is 1. The third kappa shape index (κ3) is 4.27. The number of nitrogens with zero attached hydrogens (tertiary/aromatic N) is 2. The highest BCUT2D eigenvalue weighted by atomic mass is 32.2. The van der Waals surface area contributed by atoms with Crippen LogP contribution in [0.15, 0.2) is 47.4 Å². The van der Waals surface area contributed by atoms with E-state index in [4.69, 9.17) is 0 Å². The van der Waals surface area contributed by atoms with Crippen molar-refractivity contribution < 1.29 is 13.2 Å². The van der Waals surface area contributed by atoms with E-state index in [0.29, 0.717) is 37.3 Å². The number of rotatable bonds is 5. The molecule has 1 aliphatic heterocycles. The lowest BCUT2D eigenvalue weighted by atomic mass is 10.1. The summed E-state index contributed by atoms with van der Waals surface area (Å²) >= 11 is 0. The van der Waals surface area contributed by atoms with E-state index in [9.17, 15) is 13.2 Å². The van der Waals surface area contributed by atoms with E-state index >= 15 is 0 Å². The summed E-state index contributed by atoms with van der Waals surface area (Å²) in [4.78, 5) is 15.1. The van der Waals surface area contributed by atoms with Crippen molar-refractivity contribution in [2.75, 3.05) is 38.5 Å². The van der Waals surface area contributed by atoms with Gasteiger partial charge in [0.05, 0.1) is 4.90 Å². The fourth-order valence-corrected chi connectivity index (χ4v) is 5.00. The largest absolute Gasteiger partial charge is 0.322 e. The molecular weight excluding hydrogens is 374 g/mol. The van der Waals surface area contributed by atoms with Gasteiger partial charge in [0.1, 0.15) is 0 Å². The zero-order valence-electron chi connectivity index (χ0n) is 16.6. The van der Waals surface area contributed by atoms with Crippen LogP contribution in [0.4, 0.5) is 5.69 Å². The van der Waals surface area contributed by atoms with Gasteiger partial charge in [-0.05, 0) is 49.7 Å². The summed E-state index contributed by atoms with van der Waals surface area (Å²) in [5, 5.41) is 2.91. The smallest absolute Gasteiger partial charge is 0.255 e. The lowest BCUT2D eigenvalue weighted by Crippen LogP contribution is -2.47. The molecule has 3 rings (SSSR count). The number of piperazine rings is 1. The van der Waals surface area contributed by atoms with Gasteiger partial charge >= 0.3 is 0 Å². The Labute approximate surface area is 167 Å². The summed E-state index contributed by atoms with van der Waals surface area (Å²) in [7, 11) is -1.65. The van der Waals surface area contributed by atoms with Crippen molar-refractivity contribution in [3.8, 4) is 0 Å². The molecule has 0 aliphatic carbocycles. The number of nitrogens with one attached hydrogen (secondary N) is 1. The number of hydrogen-bond donors (Lipinski definition) is 1. The molecule has 6 nitrogen and oxygen atoms in total. The molecule has 2 aromatic rings. The van der Waals surface area contributed by atoms with E-state index in [1.165, 1.54) is 10.4 Å². The molecule has 1 aliphatic rings. The maximum absolute atomic E-state index is 13.1. The minimum absolute atomic E-state index is 0.202. The Kier molecular flexibility index (Phi) is 6.17. The molecule has 0 aromatic heterocycles. The van der Waals surface area contributed by atoms with E-state index in [1.54, 1.807) is 19.1 Å². The average molecular weight is 402 g/mol. The summed E-state index contributed by atoms with van der Waals surface area (Å²) in [6.07, 6.45) is 0.799. The second-order valence-electron chi connectivity index (χ2n) is 7.15. The van der Waals surface area contributed by atoms with Crippen LogP contribution in [0, 0.1) is 6.92 Å². The van der Waals surface area contributed by atoms with Gasteiger partial charge in [-0.3, -0.25) is 4.79 Å². The van der Waals surface area contributed by atoms with Crippen molar-refractivity contribution in [3.63, 3.8) is 0 Å². The zero-order valence-corrected chi connectivity index (χ0v) is 17.4. The van der Waals surface area contributed by atoms with Gasteiger partial charge in [-0.1, -0.05) is 31.2 Å². The predicted octanol–water partition coefficient (Wildman–Crippen LogP) is 2.75. The van der Waals surface area contributed by atoms with Gasteiger partial charge in [0.25, 0.3) is 5.91 Å². The quantitative estimate of drug-likeness (QED) is 0.836. The van der Waals surface area contributed by atoms with E-state index in [0.717, 1.165) is 17.7 Å². The van der Waals surface area contributed by atoms with Crippen molar-refractivity contribution in [3.05, 3.63) is 59.2 Å². The molecule has 0 radical (unpaired) electrons. The third-order valence-electron chi connectivity index (χ3n) is 5.18. The molecule has 7 heteroatoms. The van der Waals surface area contributed by atoms with E-state index < -0.39 is 10.0 Å². The number of benzene rings is 2. The molecule has 0 spiro atoms. The van der Waals surface area contributed by atoms with Crippen LogP contribution in [0.25, 0.3) is 0 Å². The Morgan fingerprint density at radius 1 is 1.07 bits per heavy atom. The normalized spacial score (nSPS) is 16.1. The SMILES string of the molecule is CCc1ccccc1NC(=O)c1ccc(C)c(S(=O)(=O)N2CCN(C)CC2)c1. The molecule has 28 heavy (non-hydrogen) atoms. The first-order chi connectivity index (χ1) is 13.3. The summed E-state index contributed by atoms with van der Waals surface area (Å²) in [6, 6.07) is 12.5. The van der Waals surface area contributed by atoms with Gasteiger partial charge in [-0.2, -0.15) is 4.31 Å². The fourth-order valence-electron chi connectivity index (χ4n) is 3.33. The summed E-state index contributed by atoms with van der Waals surface area (Å²) in [6.45, 7) is 6.10. The highest BCUT2D eigenvalue weighted by Crippen LogP contribution is 2.24. The molecule has 150 valence electrons. The highest BCUT2D eigenvalue weighted by Gasteiger charge is 2.29. The summed E-state index contributed by atoms with van der Waals surface area (Å²) in [5.41, 5.74) is 2.76. The van der Waals surface area contributed by atoms with Crippen LogP contribution in [-0.2, 0) is 16.4 Å². The average Bonchev–Trinajstić information content (AvgIpc) is 2.69. The third-order valence-corrected chi connectivity index (χ3v) is 7.22. The molecule has 1 N–H and O–H groups in total. The van der Waals surface area contributed by atoms with E-state index in [1.807, 2.05) is 38.2 Å². The molecule has 1 heterocycles. The van der Waals surface area contributed by atoms with Gasteiger partial charge < -0.3 is 10.2 Å². The van der Waals surface area contributed by atoms with Crippen molar-refractivity contribution in [2.45, 2.75) is 25.2 Å². The minimum atomic E-state index is -3.63. The van der Waals surface area contributed by atoms with Gasteiger partial charge in [-0.25, -0.2) is 8.42 Å². The Morgan fingerprint density at radius 3 is 2.43 bits per heavy atom. The first-order valence-corrected chi connectivity index (χ1v) is 11.0. The molecule has 0 bridgehead atoms. The number of anilines is 1. The number of carbonyl (C=O) groups excluding carboxylic acids is 1. The van der Waals surface area contributed by atoms with Crippen LogP contribution in [0.1, 0.15) is 28.4 Å². The summed E-state index contributed by atoms with van der Waals surface area (Å²) in [5.74, 6) is -0.310. The highest BCUT2D eigenvalue weighted by molar-refractivity contribution is 7.89. The van der Waals surface area contributed by atoms with Gasteiger partial charge in [0.2, 0.25) is 10.0 Å². The van der Waals surface area contributed by atoms with Crippen molar-refractivity contribution in [2.24, 2.45) is 0 Å². The maximum Gasteiger partial charge on any atom is 0.255 e. The molecule has 0 saturated carbocycles. The number of sulfonamides is 1. The molecule has 1 saturated heterocycles.